The molecule has 0 aliphatic heterocycles. The highest BCUT2D eigenvalue weighted by atomic mass is 32.1. The van der Waals surface area contributed by atoms with E-state index in [1.807, 2.05) is 67.7 Å². The Morgan fingerprint density at radius 3 is 2.23 bits per heavy atom. The van der Waals surface area contributed by atoms with Gasteiger partial charge in [0.1, 0.15) is 0 Å². The summed E-state index contributed by atoms with van der Waals surface area (Å²) in [6.07, 6.45) is 2.65. The zero-order valence-corrected chi connectivity index (χ0v) is 23.5. The molecule has 0 spiro atoms. The minimum Gasteiger partial charge on any atom is -0.494 e. The number of H-pyrrole nitrogens is 1. The average Bonchev–Trinajstić information content (AvgIpc) is 3.29. The highest BCUT2D eigenvalue weighted by molar-refractivity contribution is 7.09. The van der Waals surface area contributed by atoms with E-state index in [0.29, 0.717) is 23.4 Å². The van der Waals surface area contributed by atoms with Gasteiger partial charge < -0.3 is 10.0 Å². The molecule has 0 radical (unpaired) electrons. The van der Waals surface area contributed by atoms with Crippen molar-refractivity contribution in [3.63, 3.8) is 0 Å². The van der Waals surface area contributed by atoms with Crippen molar-refractivity contribution in [1.29, 1.82) is 0 Å². The maximum atomic E-state index is 13.6. The number of nitrogens with zero attached hydrogens (tertiary/aromatic N) is 1. The van der Waals surface area contributed by atoms with Crippen LogP contribution < -0.4 is 4.87 Å². The second kappa shape index (κ2) is 12.2. The Kier molecular flexibility index (Phi) is 8.27. The molecule has 1 amide bonds. The molecular formula is C34H32N2O3S. The summed E-state index contributed by atoms with van der Waals surface area (Å²) >= 11 is 1.03. The van der Waals surface area contributed by atoms with Gasteiger partial charge in [0.2, 0.25) is 5.88 Å². The van der Waals surface area contributed by atoms with E-state index in [0.717, 1.165) is 57.6 Å². The Labute approximate surface area is 238 Å². The molecule has 40 heavy (non-hydrogen) atoms. The number of carbonyl (C=O) groups is 1. The van der Waals surface area contributed by atoms with Crippen LogP contribution in [-0.4, -0.2) is 27.9 Å². The van der Waals surface area contributed by atoms with E-state index in [9.17, 15) is 14.7 Å². The first kappa shape index (κ1) is 27.2. The average molecular weight is 549 g/mol. The van der Waals surface area contributed by atoms with Crippen LogP contribution in [0.15, 0.2) is 102 Å². The third-order valence-electron chi connectivity index (χ3n) is 7.01. The molecule has 0 fully saturated rings. The van der Waals surface area contributed by atoms with Crippen LogP contribution >= 0.6 is 11.3 Å². The van der Waals surface area contributed by atoms with Crippen LogP contribution in [0, 0.1) is 0 Å². The molecule has 5 rings (SSSR count). The molecule has 0 aliphatic carbocycles. The minimum atomic E-state index is -0.256. The third-order valence-corrected chi connectivity index (χ3v) is 7.88. The first-order valence-corrected chi connectivity index (χ1v) is 14.3. The molecule has 5 nitrogen and oxygen atoms in total. The lowest BCUT2D eigenvalue weighted by Crippen LogP contribution is -2.26. The lowest BCUT2D eigenvalue weighted by Gasteiger charge is -2.20. The van der Waals surface area contributed by atoms with Crippen LogP contribution in [0.3, 0.4) is 0 Å². The van der Waals surface area contributed by atoms with E-state index in [-0.39, 0.29) is 16.7 Å². The molecular weight excluding hydrogens is 516 g/mol. The van der Waals surface area contributed by atoms with Crippen molar-refractivity contribution in [1.82, 2.24) is 9.88 Å². The van der Waals surface area contributed by atoms with Crippen LogP contribution in [0.2, 0.25) is 0 Å². The van der Waals surface area contributed by atoms with E-state index < -0.39 is 0 Å². The van der Waals surface area contributed by atoms with Crippen molar-refractivity contribution >= 4 is 17.2 Å². The van der Waals surface area contributed by atoms with Crippen LogP contribution in [0.1, 0.15) is 45.3 Å². The Morgan fingerprint density at radius 1 is 0.825 bits per heavy atom. The molecule has 5 aromatic rings. The van der Waals surface area contributed by atoms with Gasteiger partial charge in [0.05, 0.1) is 4.88 Å². The molecule has 0 bridgehead atoms. The first-order valence-electron chi connectivity index (χ1n) is 13.4. The zero-order chi connectivity index (χ0) is 28.1. The van der Waals surface area contributed by atoms with Crippen LogP contribution in [0.4, 0.5) is 0 Å². The van der Waals surface area contributed by atoms with E-state index in [4.69, 9.17) is 0 Å². The van der Waals surface area contributed by atoms with Crippen LogP contribution in [-0.2, 0) is 19.4 Å². The monoisotopic (exact) mass is 548 g/mol. The molecule has 6 heteroatoms. The van der Waals surface area contributed by atoms with Gasteiger partial charge in [-0.3, -0.25) is 14.6 Å². The zero-order valence-electron chi connectivity index (χ0n) is 22.7. The number of aryl methyl sites for hydroxylation is 1. The molecule has 1 heterocycles. The molecule has 2 N–H and O–H groups in total. The van der Waals surface area contributed by atoms with Crippen molar-refractivity contribution in [3.8, 4) is 28.1 Å². The number of carbonyl (C=O) groups excluding carboxylic acids is 1. The Hall–Kier alpha value is -4.42. The van der Waals surface area contributed by atoms with Crippen molar-refractivity contribution in [2.75, 3.05) is 7.05 Å². The van der Waals surface area contributed by atoms with Crippen molar-refractivity contribution in [2.24, 2.45) is 0 Å². The summed E-state index contributed by atoms with van der Waals surface area (Å²) in [4.78, 5) is 29.6. The fourth-order valence-corrected chi connectivity index (χ4v) is 5.69. The van der Waals surface area contributed by atoms with Crippen LogP contribution in [0.25, 0.3) is 22.3 Å². The number of nitrogens with one attached hydrogen (secondary N) is 1. The summed E-state index contributed by atoms with van der Waals surface area (Å²) in [6, 6.07) is 32.6. The normalized spacial score (nSPS) is 10.9. The fourth-order valence-electron chi connectivity index (χ4n) is 4.93. The fraction of sp³-hybridized carbons (Fsp3) is 0.176. The van der Waals surface area contributed by atoms with Gasteiger partial charge >= 0.3 is 4.87 Å². The highest BCUT2D eigenvalue weighted by Gasteiger charge is 2.17. The molecule has 0 aliphatic rings. The molecule has 1 aromatic heterocycles. The van der Waals surface area contributed by atoms with Gasteiger partial charge in [0.25, 0.3) is 5.91 Å². The molecule has 0 saturated carbocycles. The lowest BCUT2D eigenvalue weighted by atomic mass is 9.97. The number of aromatic nitrogens is 1. The molecule has 0 unspecified atom stereocenters. The molecule has 0 saturated heterocycles. The van der Waals surface area contributed by atoms with Gasteiger partial charge in [0, 0.05) is 25.6 Å². The largest absolute Gasteiger partial charge is 0.494 e. The number of aromatic hydroxyl groups is 1. The van der Waals surface area contributed by atoms with Crippen molar-refractivity contribution < 1.29 is 9.90 Å². The van der Waals surface area contributed by atoms with Gasteiger partial charge in [-0.1, -0.05) is 110 Å². The van der Waals surface area contributed by atoms with E-state index in [1.165, 1.54) is 5.56 Å². The minimum absolute atomic E-state index is 0.0155. The van der Waals surface area contributed by atoms with Crippen LogP contribution in [0.5, 0.6) is 5.88 Å². The van der Waals surface area contributed by atoms with Crippen molar-refractivity contribution in [2.45, 2.75) is 32.7 Å². The Bertz CT molecular complexity index is 1670. The molecule has 0 atom stereocenters. The summed E-state index contributed by atoms with van der Waals surface area (Å²) in [5.41, 5.74) is 8.16. The number of benzene rings is 4. The first-order chi connectivity index (χ1) is 19.4. The van der Waals surface area contributed by atoms with E-state index in [2.05, 4.69) is 48.3 Å². The second-order valence-corrected chi connectivity index (χ2v) is 11.1. The summed E-state index contributed by atoms with van der Waals surface area (Å²) in [6.45, 7) is 2.66. The predicted octanol–water partition coefficient (Wildman–Crippen LogP) is 7.29. The quantitative estimate of drug-likeness (QED) is 0.203. The summed E-state index contributed by atoms with van der Waals surface area (Å²) in [5, 5.41) is 9.87. The number of amides is 1. The Balaban J connectivity index is 1.30. The number of hydrogen-bond acceptors (Lipinski definition) is 4. The smallest absolute Gasteiger partial charge is 0.307 e. The summed E-state index contributed by atoms with van der Waals surface area (Å²) < 4.78 is 0. The number of thiazole rings is 1. The van der Waals surface area contributed by atoms with Gasteiger partial charge in [-0.15, -0.1) is 0 Å². The van der Waals surface area contributed by atoms with E-state index in [1.54, 1.807) is 4.90 Å². The van der Waals surface area contributed by atoms with Gasteiger partial charge in [-0.05, 0) is 57.5 Å². The van der Waals surface area contributed by atoms with Gasteiger partial charge in [-0.2, -0.15) is 0 Å². The lowest BCUT2D eigenvalue weighted by molar-refractivity contribution is 0.0786. The van der Waals surface area contributed by atoms with Gasteiger partial charge in [-0.25, -0.2) is 0 Å². The number of rotatable bonds is 9. The highest BCUT2D eigenvalue weighted by Crippen LogP contribution is 2.27. The number of aromatic amines is 1. The molecule has 202 valence electrons. The Morgan fingerprint density at radius 2 is 1.52 bits per heavy atom. The summed E-state index contributed by atoms with van der Waals surface area (Å²) in [7, 11) is 1.84. The third kappa shape index (κ3) is 6.24. The summed E-state index contributed by atoms with van der Waals surface area (Å²) in [5.74, 6) is -0.0729. The maximum absolute atomic E-state index is 13.6. The topological polar surface area (TPSA) is 73.4 Å². The van der Waals surface area contributed by atoms with Crippen molar-refractivity contribution in [3.05, 3.63) is 134 Å². The van der Waals surface area contributed by atoms with E-state index >= 15 is 0 Å². The maximum Gasteiger partial charge on any atom is 0.307 e. The second-order valence-electron chi connectivity index (χ2n) is 10.0. The number of hydrogen-bond donors (Lipinski definition) is 2. The standard InChI is InChI=1S/C34H32N2O3S/c1-3-7-23-12-18-27(19-13-23)29-10-4-5-11-30(29)33(38)36(2)22-25-8-6-9-28(20-25)26-16-14-24(15-17-26)21-31-32(37)35-34(39)40-31/h4-6,8-20,37H,3,7,21-22H2,1-2H3,(H,35,39). The van der Waals surface area contributed by atoms with Gasteiger partial charge in [0.15, 0.2) is 0 Å². The molecule has 4 aromatic carbocycles. The predicted molar refractivity (Wildman–Crippen MR) is 163 cm³/mol. The SMILES string of the molecule is CCCc1ccc(-c2ccccc2C(=O)N(C)Cc2cccc(-c3ccc(Cc4sc(=O)[nH]c4O)cc3)c2)cc1.